The largest absolute Gasteiger partial charge is 0.422 e. The van der Waals surface area contributed by atoms with Gasteiger partial charge in [-0.05, 0) is 24.5 Å². The van der Waals surface area contributed by atoms with Crippen LogP contribution < -0.4 is 5.63 Å². The number of imidazole rings is 1. The Balaban J connectivity index is 0.00000169. The highest BCUT2D eigenvalue weighted by atomic mass is 79.9. The van der Waals surface area contributed by atoms with Crippen molar-refractivity contribution in [2.24, 2.45) is 0 Å². The van der Waals surface area contributed by atoms with Crippen molar-refractivity contribution in [1.29, 1.82) is 0 Å². The normalized spacial score (nSPS) is 10.9. The van der Waals surface area contributed by atoms with Gasteiger partial charge in [-0.15, -0.1) is 28.7 Å². The fraction of sp³-hybridized carbons (Fsp3) is 0.0625. The molecule has 1 aromatic carbocycles. The number of aromatic nitrogens is 3. The molecule has 0 aliphatic carbocycles. The molecule has 24 heavy (non-hydrogen) atoms. The van der Waals surface area contributed by atoms with E-state index >= 15 is 0 Å². The molecule has 0 amide bonds. The van der Waals surface area contributed by atoms with E-state index in [-0.39, 0.29) is 22.6 Å². The highest BCUT2D eigenvalue weighted by molar-refractivity contribution is 8.93. The summed E-state index contributed by atoms with van der Waals surface area (Å²) >= 11 is 1.51. The summed E-state index contributed by atoms with van der Waals surface area (Å²) in [6.07, 6.45) is 5.30. The van der Waals surface area contributed by atoms with E-state index in [1.807, 2.05) is 12.3 Å². The van der Waals surface area contributed by atoms with Crippen molar-refractivity contribution < 1.29 is 8.81 Å². The first-order valence-corrected chi connectivity index (χ1v) is 7.99. The van der Waals surface area contributed by atoms with Crippen molar-refractivity contribution in [3.05, 3.63) is 59.1 Å². The van der Waals surface area contributed by atoms with Crippen molar-refractivity contribution >= 4 is 45.4 Å². The average Bonchev–Trinajstić information content (AvgIpc) is 2.96. The molecule has 0 aliphatic rings. The SMILES string of the molecule is Br.CSc1cc2nc(-c3cc4ccc(F)cc4oc3=O)cn2cn1. The maximum Gasteiger partial charge on any atom is 0.345 e. The van der Waals surface area contributed by atoms with Crippen LogP contribution in [0.15, 0.2) is 57.1 Å². The summed E-state index contributed by atoms with van der Waals surface area (Å²) < 4.78 is 20.2. The Morgan fingerprint density at radius 2 is 2.08 bits per heavy atom. The third kappa shape index (κ3) is 2.83. The maximum absolute atomic E-state index is 13.2. The van der Waals surface area contributed by atoms with E-state index in [1.54, 1.807) is 29.1 Å². The number of hydrogen-bond donors (Lipinski definition) is 0. The number of benzene rings is 1. The van der Waals surface area contributed by atoms with Crippen LogP contribution in [0.25, 0.3) is 27.9 Å². The van der Waals surface area contributed by atoms with Gasteiger partial charge in [0.1, 0.15) is 28.4 Å². The molecule has 0 atom stereocenters. The predicted octanol–water partition coefficient (Wildman–Crippen LogP) is 3.94. The van der Waals surface area contributed by atoms with Gasteiger partial charge < -0.3 is 4.42 Å². The van der Waals surface area contributed by atoms with Gasteiger partial charge in [0, 0.05) is 23.7 Å². The summed E-state index contributed by atoms with van der Waals surface area (Å²) in [6.45, 7) is 0. The zero-order valence-corrected chi connectivity index (χ0v) is 14.9. The lowest BCUT2D eigenvalue weighted by molar-refractivity contribution is 0.556. The van der Waals surface area contributed by atoms with Crippen molar-refractivity contribution in [3.8, 4) is 11.3 Å². The first-order valence-electron chi connectivity index (χ1n) is 6.76. The van der Waals surface area contributed by atoms with E-state index in [4.69, 9.17) is 4.42 Å². The molecule has 0 spiro atoms. The lowest BCUT2D eigenvalue weighted by Crippen LogP contribution is -2.02. The van der Waals surface area contributed by atoms with Crippen LogP contribution in [-0.4, -0.2) is 20.6 Å². The van der Waals surface area contributed by atoms with Crippen LogP contribution in [0.4, 0.5) is 4.39 Å². The molecule has 4 aromatic rings. The van der Waals surface area contributed by atoms with Gasteiger partial charge in [0.25, 0.3) is 0 Å². The van der Waals surface area contributed by atoms with Gasteiger partial charge in [-0.1, -0.05) is 0 Å². The second-order valence-corrected chi connectivity index (χ2v) is 5.78. The number of halogens is 2. The fourth-order valence-corrected chi connectivity index (χ4v) is 2.75. The quantitative estimate of drug-likeness (QED) is 0.286. The Bertz CT molecular complexity index is 1110. The maximum atomic E-state index is 13.2. The van der Waals surface area contributed by atoms with E-state index in [1.165, 1.54) is 23.9 Å². The minimum Gasteiger partial charge on any atom is -0.422 e. The standard InChI is InChI=1S/C16H10FN3O2S.BrH/c1-23-15-6-14-19-12(7-20(14)8-18-15)11-4-9-2-3-10(17)5-13(9)22-16(11)21;/h2-8H,1H3;1H. The Morgan fingerprint density at radius 3 is 2.88 bits per heavy atom. The minimum absolute atomic E-state index is 0. The zero-order valence-electron chi connectivity index (χ0n) is 12.4. The molecule has 122 valence electrons. The molecule has 5 nitrogen and oxygen atoms in total. The molecule has 3 heterocycles. The Hall–Kier alpha value is -2.19. The second kappa shape index (κ2) is 6.37. The molecule has 0 saturated carbocycles. The van der Waals surface area contributed by atoms with Gasteiger partial charge in [0.2, 0.25) is 0 Å². The number of nitrogens with zero attached hydrogens (tertiary/aromatic N) is 3. The number of hydrogen-bond acceptors (Lipinski definition) is 5. The van der Waals surface area contributed by atoms with Crippen LogP contribution in [0.3, 0.4) is 0 Å². The second-order valence-electron chi connectivity index (χ2n) is 4.95. The van der Waals surface area contributed by atoms with Gasteiger partial charge in [-0.3, -0.25) is 4.40 Å². The molecule has 0 saturated heterocycles. The fourth-order valence-electron chi connectivity index (χ4n) is 2.38. The van der Waals surface area contributed by atoms with E-state index in [9.17, 15) is 9.18 Å². The average molecular weight is 408 g/mol. The molecule has 0 fully saturated rings. The molecule has 0 radical (unpaired) electrons. The molecule has 3 aromatic heterocycles. The summed E-state index contributed by atoms with van der Waals surface area (Å²) in [7, 11) is 0. The molecule has 0 aliphatic heterocycles. The van der Waals surface area contributed by atoms with E-state index in [0.717, 1.165) is 5.03 Å². The lowest BCUT2D eigenvalue weighted by atomic mass is 10.1. The Kier molecular flexibility index (Phi) is 4.42. The molecular weight excluding hydrogens is 397 g/mol. The third-order valence-electron chi connectivity index (χ3n) is 3.51. The van der Waals surface area contributed by atoms with Crippen LogP contribution in [0, 0.1) is 5.82 Å². The van der Waals surface area contributed by atoms with Crippen molar-refractivity contribution in [2.45, 2.75) is 5.03 Å². The van der Waals surface area contributed by atoms with Crippen LogP contribution >= 0.6 is 28.7 Å². The van der Waals surface area contributed by atoms with Crippen molar-refractivity contribution in [3.63, 3.8) is 0 Å². The van der Waals surface area contributed by atoms with Crippen LogP contribution in [0.2, 0.25) is 0 Å². The highest BCUT2D eigenvalue weighted by Crippen LogP contribution is 2.22. The summed E-state index contributed by atoms with van der Waals surface area (Å²) in [5.41, 5.74) is 1.18. The number of rotatable bonds is 2. The van der Waals surface area contributed by atoms with Crippen LogP contribution in [0.5, 0.6) is 0 Å². The zero-order chi connectivity index (χ0) is 16.0. The third-order valence-corrected chi connectivity index (χ3v) is 4.15. The van der Waals surface area contributed by atoms with Gasteiger partial charge in [0.15, 0.2) is 0 Å². The van der Waals surface area contributed by atoms with E-state index in [0.29, 0.717) is 22.3 Å². The van der Waals surface area contributed by atoms with E-state index < -0.39 is 11.4 Å². The summed E-state index contributed by atoms with van der Waals surface area (Å²) in [5.74, 6) is -0.447. The Morgan fingerprint density at radius 1 is 1.25 bits per heavy atom. The predicted molar refractivity (Wildman–Crippen MR) is 96.5 cm³/mol. The molecular formula is C16H11BrFN3O2S. The summed E-state index contributed by atoms with van der Waals surface area (Å²) in [5, 5.41) is 1.48. The molecule has 0 unspecified atom stereocenters. The number of thioether (sulfide) groups is 1. The minimum atomic E-state index is -0.551. The highest BCUT2D eigenvalue weighted by Gasteiger charge is 2.12. The summed E-state index contributed by atoms with van der Waals surface area (Å²) in [4.78, 5) is 20.9. The van der Waals surface area contributed by atoms with Crippen LogP contribution in [-0.2, 0) is 0 Å². The number of fused-ring (bicyclic) bond motifs is 2. The summed E-state index contributed by atoms with van der Waals surface area (Å²) in [6, 6.07) is 7.58. The first-order chi connectivity index (χ1) is 11.1. The molecule has 4 rings (SSSR count). The topological polar surface area (TPSA) is 60.4 Å². The monoisotopic (exact) mass is 407 g/mol. The van der Waals surface area contributed by atoms with Crippen LogP contribution in [0.1, 0.15) is 0 Å². The first kappa shape index (κ1) is 16.7. The van der Waals surface area contributed by atoms with Gasteiger partial charge in [-0.2, -0.15) is 0 Å². The smallest absolute Gasteiger partial charge is 0.345 e. The molecule has 0 bridgehead atoms. The van der Waals surface area contributed by atoms with Gasteiger partial charge in [-0.25, -0.2) is 19.2 Å². The lowest BCUT2D eigenvalue weighted by Gasteiger charge is -1.99. The molecule has 0 N–H and O–H groups in total. The molecule has 8 heteroatoms. The van der Waals surface area contributed by atoms with Crippen molar-refractivity contribution in [2.75, 3.05) is 6.26 Å². The van der Waals surface area contributed by atoms with Crippen molar-refractivity contribution in [1.82, 2.24) is 14.4 Å². The Labute approximate surface area is 150 Å². The van der Waals surface area contributed by atoms with Gasteiger partial charge >= 0.3 is 5.63 Å². The van der Waals surface area contributed by atoms with Gasteiger partial charge in [0.05, 0.1) is 11.3 Å². The van der Waals surface area contributed by atoms with E-state index in [2.05, 4.69) is 9.97 Å².